The summed E-state index contributed by atoms with van der Waals surface area (Å²) in [7, 11) is 0. The number of carbonyl (C=O) groups excluding carboxylic acids is 1. The summed E-state index contributed by atoms with van der Waals surface area (Å²) in [5, 5.41) is 7.19. The number of nitrogens with one attached hydrogen (secondary N) is 1. The van der Waals surface area contributed by atoms with Gasteiger partial charge in [0.25, 0.3) is 0 Å². The van der Waals surface area contributed by atoms with E-state index in [0.717, 1.165) is 35.3 Å². The summed E-state index contributed by atoms with van der Waals surface area (Å²) in [5.74, 6) is 1.27. The van der Waals surface area contributed by atoms with Gasteiger partial charge in [0.1, 0.15) is 12.4 Å². The monoisotopic (exact) mass is 384 g/mol. The highest BCUT2D eigenvalue weighted by molar-refractivity contribution is 5.93. The first kappa shape index (κ1) is 17.4. The predicted octanol–water partition coefficient (Wildman–Crippen LogP) is 4.32. The standard InChI is InChI=1S/C23H20N4O2/c28-22(18-8-9-18)25-23-24-21-20(7-4-14-27(21)26-23)17-10-12-19(13-11-17)29-15-16-5-2-1-3-6-16/h1-7,10-14,18H,8-9,15H2,(H,25,26,28). The molecule has 1 amide bonds. The predicted molar refractivity (Wildman–Crippen MR) is 111 cm³/mol. The Kier molecular flexibility index (Phi) is 4.44. The van der Waals surface area contributed by atoms with Crippen molar-refractivity contribution >= 4 is 17.5 Å². The lowest BCUT2D eigenvalue weighted by molar-refractivity contribution is -0.117. The quantitative estimate of drug-likeness (QED) is 0.537. The molecule has 1 aliphatic rings. The summed E-state index contributed by atoms with van der Waals surface area (Å²) < 4.78 is 7.56. The fourth-order valence-corrected chi connectivity index (χ4v) is 3.21. The van der Waals surface area contributed by atoms with Crippen LogP contribution >= 0.6 is 0 Å². The maximum Gasteiger partial charge on any atom is 0.249 e. The van der Waals surface area contributed by atoms with Crippen molar-refractivity contribution in [2.75, 3.05) is 5.32 Å². The van der Waals surface area contributed by atoms with Gasteiger partial charge in [-0.3, -0.25) is 10.1 Å². The van der Waals surface area contributed by atoms with Gasteiger partial charge in [-0.25, -0.2) is 4.52 Å². The molecule has 0 saturated heterocycles. The van der Waals surface area contributed by atoms with Gasteiger partial charge in [0.2, 0.25) is 11.9 Å². The molecule has 1 N–H and O–H groups in total. The van der Waals surface area contributed by atoms with Crippen LogP contribution in [-0.2, 0) is 11.4 Å². The second kappa shape index (κ2) is 7.39. The van der Waals surface area contributed by atoms with E-state index in [0.29, 0.717) is 18.2 Å². The number of aromatic nitrogens is 3. The molecule has 0 radical (unpaired) electrons. The van der Waals surface area contributed by atoms with Crippen molar-refractivity contribution in [2.45, 2.75) is 19.4 Å². The fraction of sp³-hybridized carbons (Fsp3) is 0.174. The molecular formula is C23H20N4O2. The van der Waals surface area contributed by atoms with Gasteiger partial charge in [0, 0.05) is 17.7 Å². The zero-order valence-corrected chi connectivity index (χ0v) is 15.8. The SMILES string of the molecule is O=C(Nc1nc2c(-c3ccc(OCc4ccccc4)cc3)cccn2n1)C1CC1. The smallest absolute Gasteiger partial charge is 0.249 e. The van der Waals surface area contributed by atoms with Gasteiger partial charge < -0.3 is 4.74 Å². The number of nitrogens with zero attached hydrogens (tertiary/aromatic N) is 3. The number of hydrogen-bond acceptors (Lipinski definition) is 4. The molecule has 4 aromatic rings. The minimum absolute atomic E-state index is 0.00220. The number of hydrogen-bond donors (Lipinski definition) is 1. The molecule has 144 valence electrons. The number of ether oxygens (including phenoxy) is 1. The van der Waals surface area contributed by atoms with Crippen LogP contribution in [0, 0.1) is 5.92 Å². The van der Waals surface area contributed by atoms with E-state index in [1.165, 1.54) is 0 Å². The molecule has 1 fully saturated rings. The molecule has 29 heavy (non-hydrogen) atoms. The summed E-state index contributed by atoms with van der Waals surface area (Å²) in [6.45, 7) is 0.532. The van der Waals surface area contributed by atoms with Crippen molar-refractivity contribution < 1.29 is 9.53 Å². The second-order valence-electron chi connectivity index (χ2n) is 7.19. The molecule has 2 heterocycles. The lowest BCUT2D eigenvalue weighted by Gasteiger charge is -2.08. The molecule has 0 atom stereocenters. The third kappa shape index (κ3) is 3.82. The van der Waals surface area contributed by atoms with Crippen LogP contribution in [0.4, 0.5) is 5.95 Å². The number of benzene rings is 2. The molecule has 5 rings (SSSR count). The van der Waals surface area contributed by atoms with Crippen molar-refractivity contribution in [3.8, 4) is 16.9 Å². The van der Waals surface area contributed by atoms with E-state index in [4.69, 9.17) is 4.74 Å². The maximum absolute atomic E-state index is 12.0. The van der Waals surface area contributed by atoms with E-state index in [1.807, 2.05) is 72.9 Å². The number of carbonyl (C=O) groups is 1. The topological polar surface area (TPSA) is 68.5 Å². The van der Waals surface area contributed by atoms with Gasteiger partial charge in [-0.2, -0.15) is 4.98 Å². The van der Waals surface area contributed by atoms with Gasteiger partial charge >= 0.3 is 0 Å². The van der Waals surface area contributed by atoms with E-state index in [-0.39, 0.29) is 11.8 Å². The van der Waals surface area contributed by atoms with Crippen LogP contribution < -0.4 is 10.1 Å². The van der Waals surface area contributed by atoms with Gasteiger partial charge in [-0.1, -0.05) is 42.5 Å². The Morgan fingerprint density at radius 2 is 1.83 bits per heavy atom. The van der Waals surface area contributed by atoms with Crippen LogP contribution in [-0.4, -0.2) is 20.5 Å². The van der Waals surface area contributed by atoms with Gasteiger partial charge in [-0.05, 0) is 48.2 Å². The Morgan fingerprint density at radius 3 is 2.59 bits per heavy atom. The summed E-state index contributed by atoms with van der Waals surface area (Å²) in [6.07, 6.45) is 3.72. The Morgan fingerprint density at radius 1 is 1.03 bits per heavy atom. The maximum atomic E-state index is 12.0. The lowest BCUT2D eigenvalue weighted by atomic mass is 10.1. The summed E-state index contributed by atoms with van der Waals surface area (Å²) in [4.78, 5) is 16.5. The van der Waals surface area contributed by atoms with Gasteiger partial charge in [0.05, 0.1) is 0 Å². The lowest BCUT2D eigenvalue weighted by Crippen LogP contribution is -2.14. The molecule has 0 unspecified atom stereocenters. The van der Waals surface area contributed by atoms with Gasteiger partial charge in [0.15, 0.2) is 5.65 Å². The molecule has 1 saturated carbocycles. The molecular weight excluding hydrogens is 364 g/mol. The summed E-state index contributed by atoms with van der Waals surface area (Å²) >= 11 is 0. The number of fused-ring (bicyclic) bond motifs is 1. The Bertz CT molecular complexity index is 1150. The molecule has 2 aromatic heterocycles. The zero-order chi connectivity index (χ0) is 19.6. The summed E-state index contributed by atoms with van der Waals surface area (Å²) in [5.41, 5.74) is 3.79. The van der Waals surface area contributed by atoms with E-state index in [9.17, 15) is 4.79 Å². The normalized spacial score (nSPS) is 13.4. The molecule has 6 heteroatoms. The molecule has 2 aromatic carbocycles. The molecule has 0 bridgehead atoms. The van der Waals surface area contributed by atoms with Crippen LogP contribution in [0.25, 0.3) is 16.8 Å². The number of amides is 1. The van der Waals surface area contributed by atoms with Crippen LogP contribution in [0.15, 0.2) is 72.9 Å². The highest BCUT2D eigenvalue weighted by atomic mass is 16.5. The number of anilines is 1. The average molecular weight is 384 g/mol. The van der Waals surface area contributed by atoms with Crippen molar-refractivity contribution in [2.24, 2.45) is 5.92 Å². The Labute approximate surface area is 168 Å². The third-order valence-corrected chi connectivity index (χ3v) is 4.96. The second-order valence-corrected chi connectivity index (χ2v) is 7.19. The first-order valence-corrected chi connectivity index (χ1v) is 9.70. The summed E-state index contributed by atoms with van der Waals surface area (Å²) in [6, 6.07) is 21.9. The van der Waals surface area contributed by atoms with Crippen molar-refractivity contribution in [3.05, 3.63) is 78.5 Å². The first-order chi connectivity index (χ1) is 14.3. The fourth-order valence-electron chi connectivity index (χ4n) is 3.21. The van der Waals surface area contributed by atoms with Crippen LogP contribution in [0.2, 0.25) is 0 Å². The molecule has 0 spiro atoms. The largest absolute Gasteiger partial charge is 0.489 e. The first-order valence-electron chi connectivity index (χ1n) is 9.70. The van der Waals surface area contributed by atoms with Crippen molar-refractivity contribution in [3.63, 3.8) is 0 Å². The minimum atomic E-state index is 0.00220. The molecule has 0 aliphatic heterocycles. The zero-order valence-electron chi connectivity index (χ0n) is 15.8. The highest BCUT2D eigenvalue weighted by Crippen LogP contribution is 2.30. The average Bonchev–Trinajstić information content (AvgIpc) is 3.53. The Balaban J connectivity index is 1.35. The van der Waals surface area contributed by atoms with Crippen LogP contribution in [0.5, 0.6) is 5.75 Å². The van der Waals surface area contributed by atoms with Crippen molar-refractivity contribution in [1.82, 2.24) is 14.6 Å². The minimum Gasteiger partial charge on any atom is -0.489 e. The van der Waals surface area contributed by atoms with Crippen LogP contribution in [0.1, 0.15) is 18.4 Å². The van der Waals surface area contributed by atoms with E-state index in [1.54, 1.807) is 4.52 Å². The van der Waals surface area contributed by atoms with E-state index < -0.39 is 0 Å². The van der Waals surface area contributed by atoms with Crippen molar-refractivity contribution in [1.29, 1.82) is 0 Å². The van der Waals surface area contributed by atoms with Crippen LogP contribution in [0.3, 0.4) is 0 Å². The number of pyridine rings is 1. The highest BCUT2D eigenvalue weighted by Gasteiger charge is 2.30. The van der Waals surface area contributed by atoms with Gasteiger partial charge in [-0.15, -0.1) is 5.10 Å². The van der Waals surface area contributed by atoms with E-state index >= 15 is 0 Å². The molecule has 1 aliphatic carbocycles. The Hall–Kier alpha value is -3.67. The van der Waals surface area contributed by atoms with E-state index in [2.05, 4.69) is 15.4 Å². The molecule has 6 nitrogen and oxygen atoms in total. The third-order valence-electron chi connectivity index (χ3n) is 4.96. The number of rotatable bonds is 6.